The van der Waals surface area contributed by atoms with E-state index in [2.05, 4.69) is 4.74 Å². The van der Waals surface area contributed by atoms with Crippen molar-refractivity contribution in [3.05, 3.63) is 35.6 Å². The van der Waals surface area contributed by atoms with Gasteiger partial charge in [-0.15, -0.1) is 0 Å². The van der Waals surface area contributed by atoms with Crippen molar-refractivity contribution in [3.8, 4) is 0 Å². The zero-order chi connectivity index (χ0) is 11.5. The normalized spacial score (nSPS) is 14.4. The summed E-state index contributed by atoms with van der Waals surface area (Å²) in [6.45, 7) is 1.71. The summed E-state index contributed by atoms with van der Waals surface area (Å²) in [6, 6.07) is 5.77. The van der Waals surface area contributed by atoms with E-state index >= 15 is 0 Å². The Kier molecular flexibility index (Phi) is 3.42. The molecule has 0 aliphatic carbocycles. The third-order valence-corrected chi connectivity index (χ3v) is 2.24. The largest absolute Gasteiger partial charge is 0.469 e. The molecule has 15 heavy (non-hydrogen) atoms. The number of halogens is 1. The van der Waals surface area contributed by atoms with Gasteiger partial charge in [-0.2, -0.15) is 0 Å². The summed E-state index contributed by atoms with van der Waals surface area (Å²) in [5.41, 5.74) is 5.81. The van der Waals surface area contributed by atoms with E-state index < -0.39 is 5.54 Å². The maximum atomic E-state index is 12.7. The molecular weight excluding hydrogens is 197 g/mol. The Bertz CT molecular complexity index is 346. The van der Waals surface area contributed by atoms with Crippen LogP contribution in [0, 0.1) is 5.82 Å². The molecule has 0 amide bonds. The Balaban J connectivity index is 2.85. The predicted molar refractivity (Wildman–Crippen MR) is 54.6 cm³/mol. The summed E-state index contributed by atoms with van der Waals surface area (Å²) in [5, 5.41) is 0. The molecule has 82 valence electrons. The first-order chi connectivity index (χ1) is 6.95. The monoisotopic (exact) mass is 211 g/mol. The number of rotatable bonds is 3. The summed E-state index contributed by atoms with van der Waals surface area (Å²) in [7, 11) is 1.31. The van der Waals surface area contributed by atoms with Crippen molar-refractivity contribution in [1.29, 1.82) is 0 Å². The third kappa shape index (κ3) is 3.02. The van der Waals surface area contributed by atoms with Gasteiger partial charge in [0.1, 0.15) is 5.82 Å². The average Bonchev–Trinajstić information content (AvgIpc) is 2.17. The molecule has 2 N–H and O–H groups in total. The average molecular weight is 211 g/mol. The number of carbonyl (C=O) groups excluding carboxylic acids is 1. The van der Waals surface area contributed by atoms with Crippen LogP contribution in [0.4, 0.5) is 4.39 Å². The molecule has 0 saturated carbocycles. The van der Waals surface area contributed by atoms with E-state index in [-0.39, 0.29) is 18.2 Å². The van der Waals surface area contributed by atoms with Crippen molar-refractivity contribution < 1.29 is 13.9 Å². The molecule has 0 bridgehead atoms. The van der Waals surface area contributed by atoms with Gasteiger partial charge < -0.3 is 10.5 Å². The van der Waals surface area contributed by atoms with Gasteiger partial charge in [0, 0.05) is 5.54 Å². The van der Waals surface area contributed by atoms with Crippen LogP contribution < -0.4 is 5.73 Å². The van der Waals surface area contributed by atoms with Crippen molar-refractivity contribution in [2.45, 2.75) is 18.9 Å². The molecule has 0 radical (unpaired) electrons. The molecule has 0 aliphatic rings. The van der Waals surface area contributed by atoms with Crippen LogP contribution in [-0.2, 0) is 15.1 Å². The number of carbonyl (C=O) groups is 1. The van der Waals surface area contributed by atoms with Crippen LogP contribution >= 0.6 is 0 Å². The smallest absolute Gasteiger partial charge is 0.307 e. The summed E-state index contributed by atoms with van der Waals surface area (Å²) in [4.78, 5) is 11.1. The van der Waals surface area contributed by atoms with Gasteiger partial charge in [0.2, 0.25) is 0 Å². The lowest BCUT2D eigenvalue weighted by Gasteiger charge is -2.23. The Morgan fingerprint density at radius 3 is 2.47 bits per heavy atom. The Morgan fingerprint density at radius 2 is 2.00 bits per heavy atom. The zero-order valence-corrected chi connectivity index (χ0v) is 8.79. The van der Waals surface area contributed by atoms with E-state index in [1.807, 2.05) is 0 Å². The highest BCUT2D eigenvalue weighted by atomic mass is 19.1. The first-order valence-corrected chi connectivity index (χ1v) is 4.57. The number of hydrogen-bond donors (Lipinski definition) is 1. The second kappa shape index (κ2) is 4.40. The highest BCUT2D eigenvalue weighted by Crippen LogP contribution is 2.22. The molecule has 1 aromatic rings. The zero-order valence-electron chi connectivity index (χ0n) is 8.79. The highest BCUT2D eigenvalue weighted by molar-refractivity contribution is 5.71. The Morgan fingerprint density at radius 1 is 1.47 bits per heavy atom. The molecule has 1 aromatic carbocycles. The molecule has 0 fully saturated rings. The van der Waals surface area contributed by atoms with Gasteiger partial charge in [-0.25, -0.2) is 4.39 Å². The lowest BCUT2D eigenvalue weighted by atomic mass is 9.90. The van der Waals surface area contributed by atoms with Gasteiger partial charge >= 0.3 is 5.97 Å². The van der Waals surface area contributed by atoms with E-state index in [4.69, 9.17) is 5.73 Å². The first kappa shape index (κ1) is 11.7. The molecule has 0 saturated heterocycles. The predicted octanol–water partition coefficient (Wildman–Crippen LogP) is 1.56. The second-order valence-electron chi connectivity index (χ2n) is 3.68. The van der Waals surface area contributed by atoms with Gasteiger partial charge in [-0.05, 0) is 24.6 Å². The third-order valence-electron chi connectivity index (χ3n) is 2.24. The fraction of sp³-hybridized carbons (Fsp3) is 0.364. The van der Waals surface area contributed by atoms with Crippen molar-refractivity contribution in [2.24, 2.45) is 5.73 Å². The van der Waals surface area contributed by atoms with E-state index in [0.717, 1.165) is 0 Å². The Hall–Kier alpha value is -1.42. The molecule has 0 aliphatic heterocycles. The highest BCUT2D eigenvalue weighted by Gasteiger charge is 2.25. The lowest BCUT2D eigenvalue weighted by Crippen LogP contribution is -2.35. The molecule has 1 atom stereocenters. The summed E-state index contributed by atoms with van der Waals surface area (Å²) < 4.78 is 17.2. The van der Waals surface area contributed by atoms with E-state index in [1.165, 1.54) is 19.2 Å². The number of ether oxygens (including phenoxy) is 1. The summed E-state index contributed by atoms with van der Waals surface area (Å²) >= 11 is 0. The minimum atomic E-state index is -0.833. The van der Waals surface area contributed by atoms with Gasteiger partial charge in [0.15, 0.2) is 0 Å². The van der Waals surface area contributed by atoms with E-state index in [0.29, 0.717) is 5.56 Å². The maximum Gasteiger partial charge on any atom is 0.307 e. The van der Waals surface area contributed by atoms with Crippen molar-refractivity contribution in [1.82, 2.24) is 0 Å². The number of methoxy groups -OCH3 is 1. The van der Waals surface area contributed by atoms with Crippen molar-refractivity contribution in [2.75, 3.05) is 7.11 Å². The number of nitrogens with two attached hydrogens (primary N) is 1. The molecular formula is C11H14FNO2. The van der Waals surface area contributed by atoms with Gasteiger partial charge in [-0.1, -0.05) is 12.1 Å². The minimum absolute atomic E-state index is 0.0646. The van der Waals surface area contributed by atoms with Gasteiger partial charge in [0.05, 0.1) is 13.5 Å². The molecule has 1 rings (SSSR count). The fourth-order valence-electron chi connectivity index (χ4n) is 1.30. The number of benzene rings is 1. The second-order valence-corrected chi connectivity index (χ2v) is 3.68. The lowest BCUT2D eigenvalue weighted by molar-refractivity contribution is -0.141. The SMILES string of the molecule is COC(=O)CC(C)(N)c1ccc(F)cc1. The van der Waals surface area contributed by atoms with Crippen LogP contribution in [0.5, 0.6) is 0 Å². The van der Waals surface area contributed by atoms with E-state index in [1.54, 1.807) is 19.1 Å². The van der Waals surface area contributed by atoms with Crippen LogP contribution in [0.2, 0.25) is 0 Å². The van der Waals surface area contributed by atoms with E-state index in [9.17, 15) is 9.18 Å². The minimum Gasteiger partial charge on any atom is -0.469 e. The standard InChI is InChI=1S/C11H14FNO2/c1-11(13,7-10(14)15-2)8-3-5-9(12)6-4-8/h3-6H,7,13H2,1-2H3. The summed E-state index contributed by atoms with van der Waals surface area (Å²) in [5.74, 6) is -0.711. The number of esters is 1. The molecule has 0 heterocycles. The van der Waals surface area contributed by atoms with Crippen LogP contribution in [0.1, 0.15) is 18.9 Å². The maximum absolute atomic E-state index is 12.7. The van der Waals surface area contributed by atoms with Crippen LogP contribution in [0.25, 0.3) is 0 Å². The molecule has 0 spiro atoms. The molecule has 4 heteroatoms. The van der Waals surface area contributed by atoms with Crippen LogP contribution in [0.3, 0.4) is 0 Å². The number of hydrogen-bond acceptors (Lipinski definition) is 3. The van der Waals surface area contributed by atoms with Gasteiger partial charge in [0.25, 0.3) is 0 Å². The summed E-state index contributed by atoms with van der Waals surface area (Å²) in [6.07, 6.45) is 0.0646. The first-order valence-electron chi connectivity index (χ1n) is 4.57. The quantitative estimate of drug-likeness (QED) is 0.772. The molecule has 0 aromatic heterocycles. The van der Waals surface area contributed by atoms with Crippen LogP contribution in [-0.4, -0.2) is 13.1 Å². The molecule has 3 nitrogen and oxygen atoms in total. The Labute approximate surface area is 88.0 Å². The van der Waals surface area contributed by atoms with Crippen molar-refractivity contribution >= 4 is 5.97 Å². The fourth-order valence-corrected chi connectivity index (χ4v) is 1.30. The molecule has 1 unspecified atom stereocenters. The van der Waals surface area contributed by atoms with Gasteiger partial charge in [-0.3, -0.25) is 4.79 Å². The van der Waals surface area contributed by atoms with Crippen molar-refractivity contribution in [3.63, 3.8) is 0 Å². The van der Waals surface area contributed by atoms with Crippen LogP contribution in [0.15, 0.2) is 24.3 Å². The topological polar surface area (TPSA) is 52.3 Å².